The highest BCUT2D eigenvalue weighted by molar-refractivity contribution is 6.37. The number of allylic oxidation sites excluding steroid dienone is 1. The standard InChI is InChI=1S/C22H19ClO10/c1-21(2)30-17(26)13(18(27)31-21)15(24)12(9-10-5-7-11(23)8-6-10)16(25)14-19(28)32-22(3,4)33-20(14)29/h5-9,13-14H,1-4H3. The van der Waals surface area contributed by atoms with Gasteiger partial charge in [0.2, 0.25) is 11.8 Å². The quantitative estimate of drug-likeness (QED) is 0.266. The minimum atomic E-state index is -2.13. The van der Waals surface area contributed by atoms with Crippen molar-refractivity contribution >= 4 is 53.1 Å². The number of carbonyl (C=O) groups is 6. The molecule has 2 aliphatic rings. The van der Waals surface area contributed by atoms with Gasteiger partial charge in [0.05, 0.1) is 5.57 Å². The first-order chi connectivity index (χ1) is 15.2. The largest absolute Gasteiger partial charge is 0.422 e. The van der Waals surface area contributed by atoms with Crippen LogP contribution >= 0.6 is 11.6 Å². The number of rotatable bonds is 5. The Morgan fingerprint density at radius 3 is 1.39 bits per heavy atom. The Labute approximate surface area is 192 Å². The molecule has 0 aliphatic carbocycles. The lowest BCUT2D eigenvalue weighted by Gasteiger charge is -2.33. The second-order valence-electron chi connectivity index (χ2n) is 8.19. The molecule has 174 valence electrons. The van der Waals surface area contributed by atoms with Crippen LogP contribution in [-0.2, 0) is 47.7 Å². The van der Waals surface area contributed by atoms with Crippen molar-refractivity contribution in [1.29, 1.82) is 0 Å². The molecule has 0 aromatic heterocycles. The van der Waals surface area contributed by atoms with E-state index in [0.29, 0.717) is 5.02 Å². The highest BCUT2D eigenvalue weighted by Gasteiger charge is 2.53. The zero-order chi connectivity index (χ0) is 24.7. The second kappa shape index (κ2) is 8.43. The lowest BCUT2D eigenvalue weighted by atomic mass is 9.87. The van der Waals surface area contributed by atoms with E-state index in [0.717, 1.165) is 6.08 Å². The third-order valence-corrected chi connectivity index (χ3v) is 4.82. The first-order valence-corrected chi connectivity index (χ1v) is 10.1. The van der Waals surface area contributed by atoms with E-state index in [1.165, 1.54) is 52.0 Å². The maximum absolute atomic E-state index is 13.2. The Morgan fingerprint density at radius 2 is 1.06 bits per heavy atom. The van der Waals surface area contributed by atoms with Crippen molar-refractivity contribution in [3.8, 4) is 0 Å². The molecule has 11 heteroatoms. The van der Waals surface area contributed by atoms with Crippen molar-refractivity contribution in [1.82, 2.24) is 0 Å². The molecule has 2 heterocycles. The summed E-state index contributed by atoms with van der Waals surface area (Å²) < 4.78 is 19.8. The predicted octanol–water partition coefficient (Wildman–Crippen LogP) is 1.77. The van der Waals surface area contributed by atoms with Crippen LogP contribution in [0.4, 0.5) is 0 Å². The summed E-state index contributed by atoms with van der Waals surface area (Å²) in [7, 11) is 0. The maximum atomic E-state index is 13.2. The fraction of sp³-hybridized carbons (Fsp3) is 0.364. The van der Waals surface area contributed by atoms with Crippen molar-refractivity contribution in [2.24, 2.45) is 11.8 Å². The molecule has 0 unspecified atom stereocenters. The summed E-state index contributed by atoms with van der Waals surface area (Å²) in [5.41, 5.74) is -0.540. The van der Waals surface area contributed by atoms with Crippen molar-refractivity contribution in [3.63, 3.8) is 0 Å². The zero-order valence-electron chi connectivity index (χ0n) is 18.0. The third kappa shape index (κ3) is 5.11. The van der Waals surface area contributed by atoms with Gasteiger partial charge in [0, 0.05) is 32.7 Å². The van der Waals surface area contributed by atoms with E-state index in [-0.39, 0.29) is 5.56 Å². The van der Waals surface area contributed by atoms with E-state index in [9.17, 15) is 28.8 Å². The van der Waals surface area contributed by atoms with Crippen LogP contribution < -0.4 is 0 Å². The topological polar surface area (TPSA) is 139 Å². The molecule has 3 rings (SSSR count). The third-order valence-electron chi connectivity index (χ3n) is 4.56. The summed E-state index contributed by atoms with van der Waals surface area (Å²) in [5.74, 6) is -15.1. The van der Waals surface area contributed by atoms with Gasteiger partial charge in [-0.3, -0.25) is 28.8 Å². The predicted molar refractivity (Wildman–Crippen MR) is 109 cm³/mol. The maximum Gasteiger partial charge on any atom is 0.331 e. The van der Waals surface area contributed by atoms with Crippen molar-refractivity contribution in [2.45, 2.75) is 39.3 Å². The highest BCUT2D eigenvalue weighted by Crippen LogP contribution is 2.30. The molecule has 0 saturated carbocycles. The number of ether oxygens (including phenoxy) is 4. The molecule has 0 radical (unpaired) electrons. The first-order valence-electron chi connectivity index (χ1n) is 9.68. The summed E-state index contributed by atoms with van der Waals surface area (Å²) in [6.07, 6.45) is 1.02. The second-order valence-corrected chi connectivity index (χ2v) is 8.62. The first kappa shape index (κ1) is 24.1. The van der Waals surface area contributed by atoms with E-state index in [1.54, 1.807) is 0 Å². The van der Waals surface area contributed by atoms with Gasteiger partial charge in [0.15, 0.2) is 11.6 Å². The summed E-state index contributed by atoms with van der Waals surface area (Å²) in [6, 6.07) is 5.78. The normalized spacial score (nSPS) is 20.2. The molecule has 0 amide bonds. The fourth-order valence-electron chi connectivity index (χ4n) is 3.17. The zero-order valence-corrected chi connectivity index (χ0v) is 18.8. The smallest absolute Gasteiger partial charge is 0.331 e. The van der Waals surface area contributed by atoms with Gasteiger partial charge < -0.3 is 18.9 Å². The highest BCUT2D eigenvalue weighted by atomic mass is 35.5. The number of Topliss-reactive ketones (excluding diaryl/α,β-unsaturated/α-hetero) is 2. The molecule has 2 fully saturated rings. The van der Waals surface area contributed by atoms with Gasteiger partial charge in [-0.15, -0.1) is 0 Å². The molecule has 1 aromatic carbocycles. The van der Waals surface area contributed by atoms with Gasteiger partial charge in [-0.05, 0) is 23.8 Å². The monoisotopic (exact) mass is 478 g/mol. The van der Waals surface area contributed by atoms with E-state index in [1.807, 2.05) is 0 Å². The minimum Gasteiger partial charge on any atom is -0.422 e. The van der Waals surface area contributed by atoms with Crippen LogP contribution in [0.3, 0.4) is 0 Å². The molecule has 0 bridgehead atoms. The van der Waals surface area contributed by atoms with Gasteiger partial charge in [-0.25, -0.2) is 0 Å². The average Bonchev–Trinajstić information content (AvgIpc) is 2.64. The van der Waals surface area contributed by atoms with Crippen LogP contribution in [0.1, 0.15) is 33.3 Å². The Balaban J connectivity index is 2.04. The lowest BCUT2D eigenvalue weighted by molar-refractivity contribution is -0.239. The molecule has 0 atom stereocenters. The number of halogens is 1. The number of cyclic esters (lactones) is 4. The molecule has 2 saturated heterocycles. The van der Waals surface area contributed by atoms with Gasteiger partial charge in [-0.2, -0.15) is 0 Å². The Bertz CT molecular complexity index is 995. The fourth-order valence-corrected chi connectivity index (χ4v) is 3.29. The van der Waals surface area contributed by atoms with Crippen LogP contribution in [-0.4, -0.2) is 47.0 Å². The van der Waals surface area contributed by atoms with Crippen LogP contribution in [0.5, 0.6) is 0 Å². The minimum absolute atomic E-state index is 0.256. The molecular weight excluding hydrogens is 460 g/mol. The molecule has 33 heavy (non-hydrogen) atoms. The van der Waals surface area contributed by atoms with E-state index in [4.69, 9.17) is 30.5 Å². The van der Waals surface area contributed by atoms with Crippen molar-refractivity contribution in [3.05, 3.63) is 40.4 Å². The van der Waals surface area contributed by atoms with E-state index in [2.05, 4.69) is 0 Å². The van der Waals surface area contributed by atoms with Gasteiger partial charge in [0.25, 0.3) is 11.6 Å². The van der Waals surface area contributed by atoms with Gasteiger partial charge in [-0.1, -0.05) is 23.7 Å². The van der Waals surface area contributed by atoms with Crippen molar-refractivity contribution in [2.75, 3.05) is 0 Å². The van der Waals surface area contributed by atoms with Crippen LogP contribution in [0.25, 0.3) is 6.08 Å². The van der Waals surface area contributed by atoms with Gasteiger partial charge >= 0.3 is 23.9 Å². The Kier molecular flexibility index (Phi) is 6.16. The summed E-state index contributed by atoms with van der Waals surface area (Å²) in [6.45, 7) is 5.15. The number of esters is 4. The molecule has 1 aromatic rings. The average molecular weight is 479 g/mol. The van der Waals surface area contributed by atoms with E-state index < -0.39 is 64.4 Å². The number of ketones is 2. The molecular formula is C22H19ClO10. The van der Waals surface area contributed by atoms with E-state index >= 15 is 0 Å². The summed E-state index contributed by atoms with van der Waals surface area (Å²) in [5, 5.41) is 0.356. The van der Waals surface area contributed by atoms with Crippen LogP contribution in [0, 0.1) is 11.8 Å². The van der Waals surface area contributed by atoms with Crippen LogP contribution in [0.2, 0.25) is 5.02 Å². The molecule has 0 N–H and O–H groups in total. The molecule has 10 nitrogen and oxygen atoms in total. The summed E-state index contributed by atoms with van der Waals surface area (Å²) >= 11 is 5.85. The summed E-state index contributed by atoms with van der Waals surface area (Å²) in [4.78, 5) is 76.0. The number of carbonyl (C=O) groups excluding carboxylic acids is 6. The number of benzene rings is 1. The van der Waals surface area contributed by atoms with Gasteiger partial charge in [0.1, 0.15) is 0 Å². The lowest BCUT2D eigenvalue weighted by Crippen LogP contribution is -2.52. The Hall–Kier alpha value is -3.53. The number of hydrogen-bond donors (Lipinski definition) is 0. The number of hydrogen-bond acceptors (Lipinski definition) is 10. The van der Waals surface area contributed by atoms with Crippen LogP contribution in [0.15, 0.2) is 29.8 Å². The molecule has 0 spiro atoms. The molecule has 2 aliphatic heterocycles. The Morgan fingerprint density at radius 1 is 0.727 bits per heavy atom. The SMILES string of the molecule is CC1(C)OC(=O)C(C(=O)C(=Cc2ccc(Cl)cc2)C(=O)C2C(=O)OC(C)(C)OC2=O)C(=O)O1. The van der Waals surface area contributed by atoms with Crippen molar-refractivity contribution < 1.29 is 47.7 Å².